The zero-order valence-corrected chi connectivity index (χ0v) is 11.8. The van der Waals surface area contributed by atoms with Gasteiger partial charge in [-0.05, 0) is 24.5 Å². The molecule has 0 aromatic heterocycles. The van der Waals surface area contributed by atoms with Gasteiger partial charge in [0, 0.05) is 6.07 Å². The Hall–Kier alpha value is -1.71. The van der Waals surface area contributed by atoms with Crippen molar-refractivity contribution in [3.05, 3.63) is 23.8 Å². The van der Waals surface area contributed by atoms with Gasteiger partial charge in [-0.15, -0.1) is 0 Å². The van der Waals surface area contributed by atoms with E-state index in [2.05, 4.69) is 13.8 Å². The molecule has 0 saturated heterocycles. The molecule has 0 saturated carbocycles. The average Bonchev–Trinajstić information content (AvgIpc) is 2.42. The molecule has 4 nitrogen and oxygen atoms in total. The lowest BCUT2D eigenvalue weighted by Crippen LogP contribution is -2.10. The molecule has 1 rings (SSSR count). The van der Waals surface area contributed by atoms with E-state index >= 15 is 0 Å². The molecule has 0 radical (unpaired) electrons. The molecule has 1 atom stereocenters. The van der Waals surface area contributed by atoms with E-state index < -0.39 is 5.97 Å². The van der Waals surface area contributed by atoms with Crippen molar-refractivity contribution in [2.75, 3.05) is 13.2 Å². The summed E-state index contributed by atoms with van der Waals surface area (Å²) < 4.78 is 11.1. The summed E-state index contributed by atoms with van der Waals surface area (Å²) in [5.41, 5.74) is 0.173. The molecule has 4 heteroatoms. The quantitative estimate of drug-likeness (QED) is 0.781. The summed E-state index contributed by atoms with van der Waals surface area (Å²) in [6.45, 7) is 7.28. The molecule has 0 aliphatic rings. The van der Waals surface area contributed by atoms with E-state index in [1.807, 2.05) is 6.92 Å². The van der Waals surface area contributed by atoms with Gasteiger partial charge in [0.1, 0.15) is 17.1 Å². The highest BCUT2D eigenvalue weighted by Gasteiger charge is 2.13. The molecule has 0 amide bonds. The van der Waals surface area contributed by atoms with E-state index in [1.54, 1.807) is 12.1 Å². The Morgan fingerprint density at radius 2 is 2.05 bits per heavy atom. The highest BCUT2D eigenvalue weighted by Crippen LogP contribution is 2.26. The highest BCUT2D eigenvalue weighted by molar-refractivity contribution is 5.91. The smallest absolute Gasteiger partial charge is 0.339 e. The van der Waals surface area contributed by atoms with Crippen molar-refractivity contribution in [3.8, 4) is 11.5 Å². The Labute approximate surface area is 114 Å². The van der Waals surface area contributed by atoms with Gasteiger partial charge >= 0.3 is 5.97 Å². The topological polar surface area (TPSA) is 55.8 Å². The molecule has 0 heterocycles. The molecule has 1 unspecified atom stereocenters. The first kappa shape index (κ1) is 15.3. The second kappa shape index (κ2) is 7.67. The third-order valence-electron chi connectivity index (χ3n) is 2.88. The van der Waals surface area contributed by atoms with Crippen LogP contribution in [0.3, 0.4) is 0 Å². The van der Waals surface area contributed by atoms with Crippen LogP contribution in [0.1, 0.15) is 44.0 Å². The summed E-state index contributed by atoms with van der Waals surface area (Å²) in [6, 6.07) is 4.84. The van der Waals surface area contributed by atoms with E-state index in [0.29, 0.717) is 30.6 Å². The fourth-order valence-corrected chi connectivity index (χ4v) is 1.46. The number of hydrogen-bond acceptors (Lipinski definition) is 3. The molecule has 0 fully saturated rings. The minimum Gasteiger partial charge on any atom is -0.493 e. The number of ether oxygens (including phenoxy) is 2. The standard InChI is InChI=1S/C15H22O4/c1-4-8-18-12-6-7-13(15(16)17)14(9-12)19-10-11(3)5-2/h6-7,9,11H,4-5,8,10H2,1-3H3,(H,16,17). The van der Waals surface area contributed by atoms with E-state index in [1.165, 1.54) is 6.07 Å². The van der Waals surface area contributed by atoms with Crippen LogP contribution in [0.4, 0.5) is 0 Å². The van der Waals surface area contributed by atoms with Crippen molar-refractivity contribution >= 4 is 5.97 Å². The summed E-state index contributed by atoms with van der Waals surface area (Å²) in [5, 5.41) is 9.13. The Morgan fingerprint density at radius 3 is 2.63 bits per heavy atom. The van der Waals surface area contributed by atoms with Crippen LogP contribution in [0, 0.1) is 5.92 Å². The van der Waals surface area contributed by atoms with Gasteiger partial charge in [0.15, 0.2) is 0 Å². The third kappa shape index (κ3) is 4.81. The lowest BCUT2D eigenvalue weighted by Gasteiger charge is -2.14. The molecule has 1 aromatic rings. The Morgan fingerprint density at radius 1 is 1.32 bits per heavy atom. The second-order valence-corrected chi connectivity index (χ2v) is 4.64. The number of carboxylic acids is 1. The first-order valence-electron chi connectivity index (χ1n) is 6.71. The predicted octanol–water partition coefficient (Wildman–Crippen LogP) is 3.60. The van der Waals surface area contributed by atoms with Gasteiger partial charge in [0.05, 0.1) is 13.2 Å². The van der Waals surface area contributed by atoms with Crippen LogP contribution in [0.2, 0.25) is 0 Å². The molecule has 1 N–H and O–H groups in total. The van der Waals surface area contributed by atoms with Crippen LogP contribution in [-0.4, -0.2) is 24.3 Å². The Bertz CT molecular complexity index is 415. The number of carboxylic acid groups (broad SMARTS) is 1. The molecule has 0 bridgehead atoms. The van der Waals surface area contributed by atoms with Crippen LogP contribution in [0.25, 0.3) is 0 Å². The van der Waals surface area contributed by atoms with Crippen molar-refractivity contribution in [1.82, 2.24) is 0 Å². The van der Waals surface area contributed by atoms with E-state index in [0.717, 1.165) is 12.8 Å². The fraction of sp³-hybridized carbons (Fsp3) is 0.533. The number of aromatic carboxylic acids is 1. The van der Waals surface area contributed by atoms with Gasteiger partial charge < -0.3 is 14.6 Å². The lowest BCUT2D eigenvalue weighted by molar-refractivity contribution is 0.0691. The first-order chi connectivity index (χ1) is 9.08. The van der Waals surface area contributed by atoms with Crippen LogP contribution in [0.15, 0.2) is 18.2 Å². The average molecular weight is 266 g/mol. The summed E-state index contributed by atoms with van der Waals surface area (Å²) >= 11 is 0. The number of carbonyl (C=O) groups is 1. The summed E-state index contributed by atoms with van der Waals surface area (Å²) in [4.78, 5) is 11.1. The zero-order chi connectivity index (χ0) is 14.3. The van der Waals surface area contributed by atoms with Gasteiger partial charge in [0.2, 0.25) is 0 Å². The molecule has 106 valence electrons. The van der Waals surface area contributed by atoms with Crippen molar-refractivity contribution < 1.29 is 19.4 Å². The van der Waals surface area contributed by atoms with Crippen LogP contribution in [-0.2, 0) is 0 Å². The second-order valence-electron chi connectivity index (χ2n) is 4.64. The Balaban J connectivity index is 2.85. The SMILES string of the molecule is CCCOc1ccc(C(=O)O)c(OCC(C)CC)c1. The van der Waals surface area contributed by atoms with Gasteiger partial charge in [-0.3, -0.25) is 0 Å². The van der Waals surface area contributed by atoms with E-state index in [9.17, 15) is 4.79 Å². The van der Waals surface area contributed by atoms with Crippen molar-refractivity contribution in [2.24, 2.45) is 5.92 Å². The Kier molecular flexibility index (Phi) is 6.19. The maximum atomic E-state index is 11.1. The van der Waals surface area contributed by atoms with Gasteiger partial charge in [-0.2, -0.15) is 0 Å². The van der Waals surface area contributed by atoms with Crippen molar-refractivity contribution in [2.45, 2.75) is 33.6 Å². The molecule has 0 aliphatic carbocycles. The number of hydrogen-bond donors (Lipinski definition) is 1. The largest absolute Gasteiger partial charge is 0.493 e. The van der Waals surface area contributed by atoms with Crippen molar-refractivity contribution in [3.63, 3.8) is 0 Å². The summed E-state index contributed by atoms with van der Waals surface area (Å²) in [6.07, 6.45) is 1.90. The minimum atomic E-state index is -0.985. The minimum absolute atomic E-state index is 0.173. The molecular formula is C15H22O4. The van der Waals surface area contributed by atoms with Gasteiger partial charge in [-0.25, -0.2) is 4.79 Å². The highest BCUT2D eigenvalue weighted by atomic mass is 16.5. The summed E-state index contributed by atoms with van der Waals surface area (Å²) in [5.74, 6) is 0.426. The molecule has 1 aromatic carbocycles. The van der Waals surface area contributed by atoms with Crippen LogP contribution < -0.4 is 9.47 Å². The fourth-order valence-electron chi connectivity index (χ4n) is 1.46. The predicted molar refractivity (Wildman–Crippen MR) is 74.1 cm³/mol. The lowest BCUT2D eigenvalue weighted by atomic mass is 10.1. The number of rotatable bonds is 8. The zero-order valence-electron chi connectivity index (χ0n) is 11.8. The normalized spacial score (nSPS) is 11.9. The van der Waals surface area contributed by atoms with Crippen LogP contribution in [0.5, 0.6) is 11.5 Å². The molecule has 0 aliphatic heterocycles. The van der Waals surface area contributed by atoms with Crippen molar-refractivity contribution in [1.29, 1.82) is 0 Å². The maximum absolute atomic E-state index is 11.1. The van der Waals surface area contributed by atoms with Crippen LogP contribution >= 0.6 is 0 Å². The van der Waals surface area contributed by atoms with E-state index in [-0.39, 0.29) is 5.56 Å². The van der Waals surface area contributed by atoms with E-state index in [4.69, 9.17) is 14.6 Å². The molecule has 0 spiro atoms. The monoisotopic (exact) mass is 266 g/mol. The van der Waals surface area contributed by atoms with Gasteiger partial charge in [0.25, 0.3) is 0 Å². The molecule has 19 heavy (non-hydrogen) atoms. The molecular weight excluding hydrogens is 244 g/mol. The third-order valence-corrected chi connectivity index (χ3v) is 2.88. The number of benzene rings is 1. The first-order valence-corrected chi connectivity index (χ1v) is 6.71. The summed E-state index contributed by atoms with van der Waals surface area (Å²) in [7, 11) is 0. The van der Waals surface area contributed by atoms with Gasteiger partial charge in [-0.1, -0.05) is 27.2 Å². The maximum Gasteiger partial charge on any atom is 0.339 e.